The van der Waals surface area contributed by atoms with Crippen molar-refractivity contribution < 1.29 is 31.5 Å². The van der Waals surface area contributed by atoms with Crippen LogP contribution in [-0.2, 0) is 20.8 Å². The monoisotopic (exact) mass is 322 g/mol. The number of hydrogen-bond acceptors (Lipinski definition) is 3. The van der Waals surface area contributed by atoms with Crippen molar-refractivity contribution in [1.82, 2.24) is 0 Å². The molecule has 1 N–H and O–H groups in total. The lowest BCUT2D eigenvalue weighted by Crippen LogP contribution is -2.22. The van der Waals surface area contributed by atoms with Crippen molar-refractivity contribution >= 4 is 15.8 Å². The molecule has 2 atom stereocenters. The smallest absolute Gasteiger partial charge is 0.416 e. The third kappa shape index (κ3) is 3.55. The summed E-state index contributed by atoms with van der Waals surface area (Å²) in [5.41, 5.74) is -0.674. The minimum absolute atomic E-state index is 0.0813. The zero-order valence-corrected chi connectivity index (χ0v) is 11.6. The molecule has 0 radical (unpaired) electrons. The molecule has 1 aliphatic rings. The molecule has 8 heteroatoms. The maximum absolute atomic E-state index is 12.5. The highest BCUT2D eigenvalue weighted by molar-refractivity contribution is 7.91. The van der Waals surface area contributed by atoms with E-state index in [-0.39, 0.29) is 23.5 Å². The number of rotatable bonds is 3. The molecule has 0 amide bonds. The molecule has 0 spiro atoms. The van der Waals surface area contributed by atoms with Gasteiger partial charge in [0.05, 0.1) is 23.0 Å². The van der Waals surface area contributed by atoms with Crippen LogP contribution in [0, 0.1) is 5.92 Å². The van der Waals surface area contributed by atoms with Crippen molar-refractivity contribution in [1.29, 1.82) is 0 Å². The highest BCUT2D eigenvalue weighted by Gasteiger charge is 2.38. The van der Waals surface area contributed by atoms with E-state index in [1.54, 1.807) is 0 Å². The van der Waals surface area contributed by atoms with Gasteiger partial charge in [0.15, 0.2) is 9.84 Å². The fraction of sp³-hybridized carbons (Fsp3) is 0.462. The maximum atomic E-state index is 12.5. The Hall–Kier alpha value is -1.57. The first-order valence-electron chi connectivity index (χ1n) is 6.20. The molecule has 2 unspecified atom stereocenters. The van der Waals surface area contributed by atoms with Gasteiger partial charge in [-0.25, -0.2) is 8.42 Å². The Balaban J connectivity index is 2.30. The lowest BCUT2D eigenvalue weighted by molar-refractivity contribution is -0.140. The average Bonchev–Trinajstić information content (AvgIpc) is 2.68. The van der Waals surface area contributed by atoms with Crippen LogP contribution < -0.4 is 0 Å². The summed E-state index contributed by atoms with van der Waals surface area (Å²) in [6.45, 7) is 0. The predicted molar refractivity (Wildman–Crippen MR) is 68.6 cm³/mol. The molecule has 4 nitrogen and oxygen atoms in total. The molecular formula is C13H13F3O4S. The second-order valence-electron chi connectivity index (χ2n) is 5.10. The first kappa shape index (κ1) is 15.8. The molecule has 0 bridgehead atoms. The largest absolute Gasteiger partial charge is 0.481 e. The average molecular weight is 322 g/mol. The van der Waals surface area contributed by atoms with E-state index in [9.17, 15) is 31.5 Å². The number of halogens is 3. The van der Waals surface area contributed by atoms with Crippen molar-refractivity contribution in [3.8, 4) is 0 Å². The molecular weight excluding hydrogens is 309 g/mol. The van der Waals surface area contributed by atoms with E-state index < -0.39 is 39.4 Å². The summed E-state index contributed by atoms with van der Waals surface area (Å²) in [5, 5.41) is 9.27. The molecule has 0 aromatic heterocycles. The van der Waals surface area contributed by atoms with E-state index in [0.717, 1.165) is 24.3 Å². The summed E-state index contributed by atoms with van der Waals surface area (Å²) in [5.74, 6) is -3.27. The van der Waals surface area contributed by atoms with Crippen LogP contribution in [0.25, 0.3) is 0 Å². The Kier molecular flexibility index (Phi) is 4.01. The summed E-state index contributed by atoms with van der Waals surface area (Å²) in [4.78, 5) is 11.4. The number of carboxylic acids is 1. The minimum atomic E-state index is -4.49. The summed E-state index contributed by atoms with van der Waals surface area (Å²) < 4.78 is 60.3. The van der Waals surface area contributed by atoms with Crippen LogP contribution in [0.3, 0.4) is 0 Å². The molecule has 1 saturated heterocycles. The lowest BCUT2D eigenvalue weighted by Gasteiger charge is -2.19. The third-order valence-corrected chi connectivity index (χ3v) is 5.40. The van der Waals surface area contributed by atoms with Crippen molar-refractivity contribution in [3.63, 3.8) is 0 Å². The van der Waals surface area contributed by atoms with Crippen molar-refractivity contribution in [2.45, 2.75) is 18.5 Å². The number of hydrogen-bond donors (Lipinski definition) is 1. The molecule has 1 aromatic rings. The Morgan fingerprint density at radius 1 is 1.24 bits per heavy atom. The van der Waals surface area contributed by atoms with Gasteiger partial charge in [0.1, 0.15) is 0 Å². The lowest BCUT2D eigenvalue weighted by atomic mass is 9.85. The first-order chi connectivity index (χ1) is 9.60. The number of benzene rings is 1. The standard InChI is InChI=1S/C13H13F3O4S/c14-13(15,16)10-3-1-8(2-4-10)11(12(17)18)9-5-6-21(19,20)7-9/h1-4,9,11H,5-7H2,(H,17,18). The van der Waals surface area contributed by atoms with Gasteiger partial charge in [-0.1, -0.05) is 12.1 Å². The predicted octanol–water partition coefficient (Wildman–Crippen LogP) is 2.31. The maximum Gasteiger partial charge on any atom is 0.416 e. The summed E-state index contributed by atoms with van der Waals surface area (Å²) in [6, 6.07) is 3.84. The van der Waals surface area contributed by atoms with Crippen LogP contribution in [-0.4, -0.2) is 31.0 Å². The molecule has 0 saturated carbocycles. The van der Waals surface area contributed by atoms with Gasteiger partial charge in [0.25, 0.3) is 0 Å². The molecule has 1 aromatic carbocycles. The molecule has 0 aliphatic carbocycles. The van der Waals surface area contributed by atoms with Crippen LogP contribution in [0.15, 0.2) is 24.3 Å². The van der Waals surface area contributed by atoms with Crippen LogP contribution >= 0.6 is 0 Å². The number of carbonyl (C=O) groups is 1. The van der Waals surface area contributed by atoms with Gasteiger partial charge < -0.3 is 5.11 Å². The molecule has 116 valence electrons. The van der Waals surface area contributed by atoms with Gasteiger partial charge >= 0.3 is 12.1 Å². The normalized spacial score (nSPS) is 22.9. The summed E-state index contributed by atoms with van der Waals surface area (Å²) in [7, 11) is -3.26. The second-order valence-corrected chi connectivity index (χ2v) is 7.33. The minimum Gasteiger partial charge on any atom is -0.481 e. The van der Waals surface area contributed by atoms with E-state index in [0.29, 0.717) is 0 Å². The van der Waals surface area contributed by atoms with Crippen molar-refractivity contribution in [3.05, 3.63) is 35.4 Å². The van der Waals surface area contributed by atoms with Gasteiger partial charge in [-0.05, 0) is 30.0 Å². The van der Waals surface area contributed by atoms with E-state index in [1.807, 2.05) is 0 Å². The number of alkyl halides is 3. The summed E-state index contributed by atoms with van der Waals surface area (Å²) >= 11 is 0. The van der Waals surface area contributed by atoms with Gasteiger partial charge in [-0.15, -0.1) is 0 Å². The van der Waals surface area contributed by atoms with Crippen LogP contribution in [0.5, 0.6) is 0 Å². The SMILES string of the molecule is O=C(O)C(c1ccc(C(F)(F)F)cc1)C1CCS(=O)(=O)C1. The molecule has 2 rings (SSSR count). The Morgan fingerprint density at radius 2 is 1.81 bits per heavy atom. The third-order valence-electron chi connectivity index (χ3n) is 3.60. The van der Waals surface area contributed by atoms with Crippen LogP contribution in [0.4, 0.5) is 13.2 Å². The Bertz CT molecular complexity index is 634. The van der Waals surface area contributed by atoms with Crippen molar-refractivity contribution in [2.75, 3.05) is 11.5 Å². The van der Waals surface area contributed by atoms with Crippen LogP contribution in [0.2, 0.25) is 0 Å². The fourth-order valence-corrected chi connectivity index (χ4v) is 4.42. The van der Waals surface area contributed by atoms with E-state index in [1.165, 1.54) is 0 Å². The molecule has 1 aliphatic heterocycles. The zero-order chi connectivity index (χ0) is 15.8. The van der Waals surface area contributed by atoms with Crippen LogP contribution in [0.1, 0.15) is 23.5 Å². The van der Waals surface area contributed by atoms with Gasteiger partial charge in [0, 0.05) is 0 Å². The Morgan fingerprint density at radius 3 is 2.19 bits per heavy atom. The van der Waals surface area contributed by atoms with Gasteiger partial charge in [-0.3, -0.25) is 4.79 Å². The van der Waals surface area contributed by atoms with Gasteiger partial charge in [-0.2, -0.15) is 13.2 Å². The van der Waals surface area contributed by atoms with Crippen molar-refractivity contribution in [2.24, 2.45) is 5.92 Å². The second kappa shape index (κ2) is 5.32. The van der Waals surface area contributed by atoms with E-state index in [2.05, 4.69) is 0 Å². The highest BCUT2D eigenvalue weighted by Crippen LogP contribution is 2.35. The first-order valence-corrected chi connectivity index (χ1v) is 8.03. The summed E-state index contributed by atoms with van der Waals surface area (Å²) in [6.07, 6.45) is -4.28. The van der Waals surface area contributed by atoms with E-state index in [4.69, 9.17) is 0 Å². The molecule has 1 heterocycles. The number of sulfone groups is 1. The quantitative estimate of drug-likeness (QED) is 0.927. The van der Waals surface area contributed by atoms with Gasteiger partial charge in [0.2, 0.25) is 0 Å². The highest BCUT2D eigenvalue weighted by atomic mass is 32.2. The van der Waals surface area contributed by atoms with E-state index >= 15 is 0 Å². The fourth-order valence-electron chi connectivity index (χ4n) is 2.58. The zero-order valence-electron chi connectivity index (χ0n) is 10.8. The Labute approximate surface area is 119 Å². The molecule has 1 fully saturated rings. The molecule has 21 heavy (non-hydrogen) atoms. The number of carboxylic acid groups (broad SMARTS) is 1. The topological polar surface area (TPSA) is 71.4 Å². The number of aliphatic carboxylic acids is 1.